The van der Waals surface area contributed by atoms with Crippen molar-refractivity contribution in [1.82, 2.24) is 9.97 Å². The molecule has 0 saturated heterocycles. The van der Waals surface area contributed by atoms with Crippen LogP contribution < -0.4 is 10.6 Å². The number of aromatic nitrogens is 2. The second-order valence-electron chi connectivity index (χ2n) is 5.65. The van der Waals surface area contributed by atoms with E-state index in [0.717, 1.165) is 38.4 Å². The van der Waals surface area contributed by atoms with E-state index < -0.39 is 0 Å². The molecule has 4 nitrogen and oxygen atoms in total. The lowest BCUT2D eigenvalue weighted by atomic mass is 10.2. The zero-order chi connectivity index (χ0) is 17.9. The molecule has 0 aliphatic rings. The molecular formula is C19H14BrClN4S. The van der Waals surface area contributed by atoms with E-state index in [4.69, 9.17) is 11.6 Å². The van der Waals surface area contributed by atoms with Gasteiger partial charge in [0.05, 0.1) is 9.30 Å². The van der Waals surface area contributed by atoms with Gasteiger partial charge in [-0.15, -0.1) is 11.3 Å². The SMILES string of the molecule is Clc1cccc(Nc2ncnc3ccc(NCc4ccc(Br)s4)cc23)c1. The lowest BCUT2D eigenvalue weighted by molar-refractivity contribution is 1.19. The summed E-state index contributed by atoms with van der Waals surface area (Å²) in [6.45, 7) is 0.770. The number of hydrogen-bond acceptors (Lipinski definition) is 5. The highest BCUT2D eigenvalue weighted by atomic mass is 79.9. The van der Waals surface area contributed by atoms with Crippen molar-refractivity contribution in [2.45, 2.75) is 6.54 Å². The van der Waals surface area contributed by atoms with E-state index >= 15 is 0 Å². The zero-order valence-electron chi connectivity index (χ0n) is 13.5. The Kier molecular flexibility index (Phi) is 5.06. The van der Waals surface area contributed by atoms with Gasteiger partial charge in [0, 0.05) is 33.2 Å². The molecule has 2 aromatic carbocycles. The fourth-order valence-electron chi connectivity index (χ4n) is 2.61. The summed E-state index contributed by atoms with van der Waals surface area (Å²) in [5.74, 6) is 0.750. The molecule has 0 radical (unpaired) electrons. The molecule has 2 aromatic heterocycles. The molecule has 130 valence electrons. The van der Waals surface area contributed by atoms with Gasteiger partial charge in [0.15, 0.2) is 0 Å². The maximum absolute atomic E-state index is 6.07. The van der Waals surface area contributed by atoms with E-state index in [9.17, 15) is 0 Å². The van der Waals surface area contributed by atoms with E-state index in [1.165, 1.54) is 4.88 Å². The van der Waals surface area contributed by atoms with Gasteiger partial charge < -0.3 is 10.6 Å². The standard InChI is InChI=1S/C19H14BrClN4S/c20-18-7-5-15(26-18)10-22-13-4-6-17-16(9-13)19(24-11-23-17)25-14-3-1-2-12(21)8-14/h1-9,11,22H,10H2,(H,23,24,25). The summed E-state index contributed by atoms with van der Waals surface area (Å²) in [4.78, 5) is 10.0. The number of nitrogens with zero attached hydrogens (tertiary/aromatic N) is 2. The van der Waals surface area contributed by atoms with Crippen molar-refractivity contribution in [3.8, 4) is 0 Å². The summed E-state index contributed by atoms with van der Waals surface area (Å²) >= 11 is 11.3. The summed E-state index contributed by atoms with van der Waals surface area (Å²) in [7, 11) is 0. The molecule has 0 aliphatic carbocycles. The Morgan fingerprint density at radius 2 is 1.92 bits per heavy atom. The molecule has 26 heavy (non-hydrogen) atoms. The summed E-state index contributed by atoms with van der Waals surface area (Å²) in [6.07, 6.45) is 1.56. The Balaban J connectivity index is 1.61. The van der Waals surface area contributed by atoms with E-state index in [1.807, 2.05) is 36.4 Å². The maximum atomic E-state index is 6.07. The number of hydrogen-bond donors (Lipinski definition) is 2. The Hall–Kier alpha value is -2.15. The molecular weight excluding hydrogens is 432 g/mol. The van der Waals surface area contributed by atoms with Crippen molar-refractivity contribution < 1.29 is 0 Å². The minimum absolute atomic E-state index is 0.679. The average Bonchev–Trinajstić information content (AvgIpc) is 3.06. The van der Waals surface area contributed by atoms with E-state index in [0.29, 0.717) is 5.02 Å². The predicted octanol–water partition coefficient (Wildman–Crippen LogP) is 6.46. The van der Waals surface area contributed by atoms with Crippen LogP contribution >= 0.6 is 38.9 Å². The molecule has 4 rings (SSSR count). The summed E-state index contributed by atoms with van der Waals surface area (Å²) in [6, 6.07) is 17.8. The van der Waals surface area contributed by atoms with Gasteiger partial charge in [-0.1, -0.05) is 17.7 Å². The number of fused-ring (bicyclic) bond motifs is 1. The van der Waals surface area contributed by atoms with Gasteiger partial charge in [-0.05, 0) is 64.5 Å². The van der Waals surface area contributed by atoms with E-state index in [-0.39, 0.29) is 0 Å². The number of nitrogens with one attached hydrogen (secondary N) is 2. The van der Waals surface area contributed by atoms with Gasteiger partial charge in [-0.2, -0.15) is 0 Å². The Morgan fingerprint density at radius 3 is 2.73 bits per heavy atom. The second kappa shape index (κ2) is 7.61. The maximum Gasteiger partial charge on any atom is 0.141 e. The third-order valence-electron chi connectivity index (χ3n) is 3.82. The van der Waals surface area contributed by atoms with Crippen LogP contribution in [0.5, 0.6) is 0 Å². The molecule has 2 heterocycles. The van der Waals surface area contributed by atoms with Crippen molar-refractivity contribution in [1.29, 1.82) is 0 Å². The number of rotatable bonds is 5. The molecule has 0 bridgehead atoms. The number of benzene rings is 2. The normalized spacial score (nSPS) is 10.8. The van der Waals surface area contributed by atoms with Crippen molar-refractivity contribution in [3.05, 3.63) is 74.6 Å². The van der Waals surface area contributed by atoms with Crippen LogP contribution in [0.1, 0.15) is 4.88 Å². The molecule has 0 aliphatic heterocycles. The van der Waals surface area contributed by atoms with E-state index in [2.05, 4.69) is 54.7 Å². The molecule has 0 amide bonds. The number of halogens is 2. The first-order chi connectivity index (χ1) is 12.7. The van der Waals surface area contributed by atoms with Crippen molar-refractivity contribution >= 4 is 67.0 Å². The van der Waals surface area contributed by atoms with Crippen LogP contribution in [0, 0.1) is 0 Å². The summed E-state index contributed by atoms with van der Waals surface area (Å²) in [5, 5.41) is 8.40. The zero-order valence-corrected chi connectivity index (χ0v) is 16.7. The summed E-state index contributed by atoms with van der Waals surface area (Å²) in [5.41, 5.74) is 2.79. The Morgan fingerprint density at radius 1 is 1.00 bits per heavy atom. The van der Waals surface area contributed by atoms with Crippen molar-refractivity contribution in [2.24, 2.45) is 0 Å². The molecule has 7 heteroatoms. The molecule has 0 saturated carbocycles. The lowest BCUT2D eigenvalue weighted by Gasteiger charge is -2.11. The highest BCUT2D eigenvalue weighted by Crippen LogP contribution is 2.28. The molecule has 0 atom stereocenters. The fraction of sp³-hybridized carbons (Fsp3) is 0.0526. The van der Waals surface area contributed by atoms with Crippen molar-refractivity contribution in [2.75, 3.05) is 10.6 Å². The van der Waals surface area contributed by atoms with Crippen LogP contribution in [0.3, 0.4) is 0 Å². The Bertz CT molecular complexity index is 1070. The minimum Gasteiger partial charge on any atom is -0.380 e. The minimum atomic E-state index is 0.679. The van der Waals surface area contributed by atoms with Gasteiger partial charge >= 0.3 is 0 Å². The lowest BCUT2D eigenvalue weighted by Crippen LogP contribution is -1.99. The first kappa shape index (κ1) is 17.3. The predicted molar refractivity (Wildman–Crippen MR) is 114 cm³/mol. The van der Waals surface area contributed by atoms with Crippen LogP contribution in [0.15, 0.2) is 64.7 Å². The Labute approximate surface area is 168 Å². The average molecular weight is 446 g/mol. The molecule has 0 spiro atoms. The van der Waals surface area contributed by atoms with Crippen LogP contribution in [0.4, 0.5) is 17.2 Å². The van der Waals surface area contributed by atoms with Gasteiger partial charge in [-0.25, -0.2) is 9.97 Å². The third kappa shape index (κ3) is 3.98. The molecule has 0 unspecified atom stereocenters. The van der Waals surface area contributed by atoms with Gasteiger partial charge in [0.25, 0.3) is 0 Å². The second-order valence-corrected chi connectivity index (χ2v) is 8.63. The van der Waals surface area contributed by atoms with Gasteiger partial charge in [-0.3, -0.25) is 0 Å². The van der Waals surface area contributed by atoms with Gasteiger partial charge in [0.2, 0.25) is 0 Å². The first-order valence-electron chi connectivity index (χ1n) is 7.93. The first-order valence-corrected chi connectivity index (χ1v) is 9.91. The highest BCUT2D eigenvalue weighted by molar-refractivity contribution is 9.11. The van der Waals surface area contributed by atoms with Crippen LogP contribution in [-0.4, -0.2) is 9.97 Å². The molecule has 2 N–H and O–H groups in total. The van der Waals surface area contributed by atoms with Gasteiger partial charge in [0.1, 0.15) is 12.1 Å². The van der Waals surface area contributed by atoms with Crippen molar-refractivity contribution in [3.63, 3.8) is 0 Å². The van der Waals surface area contributed by atoms with Crippen LogP contribution in [0.2, 0.25) is 5.02 Å². The van der Waals surface area contributed by atoms with E-state index in [1.54, 1.807) is 17.7 Å². The number of thiophene rings is 1. The highest BCUT2D eigenvalue weighted by Gasteiger charge is 2.06. The third-order valence-corrected chi connectivity index (χ3v) is 5.68. The monoisotopic (exact) mass is 444 g/mol. The smallest absolute Gasteiger partial charge is 0.141 e. The van der Waals surface area contributed by atoms with Crippen LogP contribution in [0.25, 0.3) is 10.9 Å². The molecule has 4 aromatic rings. The van der Waals surface area contributed by atoms with Crippen LogP contribution in [-0.2, 0) is 6.54 Å². The molecule has 0 fully saturated rings. The topological polar surface area (TPSA) is 49.8 Å². The largest absolute Gasteiger partial charge is 0.380 e. The quantitative estimate of drug-likeness (QED) is 0.370. The summed E-state index contributed by atoms with van der Waals surface area (Å²) < 4.78 is 1.13. The number of anilines is 3. The fourth-order valence-corrected chi connectivity index (χ4v) is 4.22.